The minimum atomic E-state index is -0.578. The summed E-state index contributed by atoms with van der Waals surface area (Å²) in [5.74, 6) is 0. The van der Waals surface area contributed by atoms with E-state index in [0.717, 1.165) is 12.1 Å². The van der Waals surface area contributed by atoms with Crippen molar-refractivity contribution in [1.82, 2.24) is 0 Å². The van der Waals surface area contributed by atoms with E-state index in [1.807, 2.05) is 0 Å². The SMILES string of the molecule is O=[N+]([O-])c1ccc(N(F)C(=S)Cl)cc1. The number of non-ortho nitro benzene ring substituents is 1. The summed E-state index contributed by atoms with van der Waals surface area (Å²) in [6, 6.07) is 4.76. The van der Waals surface area contributed by atoms with Crippen molar-refractivity contribution in [2.45, 2.75) is 0 Å². The lowest BCUT2D eigenvalue weighted by molar-refractivity contribution is -0.384. The molecule has 4 nitrogen and oxygen atoms in total. The Labute approximate surface area is 89.0 Å². The van der Waals surface area contributed by atoms with Gasteiger partial charge in [-0.25, -0.2) is 0 Å². The quantitative estimate of drug-likeness (QED) is 0.197. The maximum Gasteiger partial charge on any atom is 0.269 e. The van der Waals surface area contributed by atoms with Gasteiger partial charge < -0.3 is 0 Å². The average Bonchev–Trinajstić information content (AvgIpc) is 2.16. The average molecular weight is 235 g/mol. The number of benzene rings is 1. The first-order valence-corrected chi connectivity index (χ1v) is 4.21. The van der Waals surface area contributed by atoms with Gasteiger partial charge in [-0.1, -0.05) is 4.48 Å². The summed E-state index contributed by atoms with van der Waals surface area (Å²) < 4.78 is 12.5. The second-order valence-corrected chi connectivity index (χ2v) is 3.28. The topological polar surface area (TPSA) is 46.4 Å². The molecule has 0 N–H and O–H groups in total. The fourth-order valence-corrected chi connectivity index (χ4v) is 1.01. The second kappa shape index (κ2) is 4.30. The highest BCUT2D eigenvalue weighted by Gasteiger charge is 2.10. The van der Waals surface area contributed by atoms with E-state index in [-0.39, 0.29) is 16.5 Å². The zero-order valence-electron chi connectivity index (χ0n) is 6.68. The van der Waals surface area contributed by atoms with Crippen molar-refractivity contribution in [3.05, 3.63) is 34.4 Å². The Morgan fingerprint density at radius 2 is 2.00 bits per heavy atom. The highest BCUT2D eigenvalue weighted by Crippen LogP contribution is 2.20. The lowest BCUT2D eigenvalue weighted by Crippen LogP contribution is -2.13. The van der Waals surface area contributed by atoms with Crippen LogP contribution in [0.2, 0.25) is 0 Å². The van der Waals surface area contributed by atoms with Crippen LogP contribution in [0.4, 0.5) is 15.9 Å². The predicted octanol–water partition coefficient (Wildman–Crippen LogP) is 2.81. The molecule has 0 atom stereocenters. The molecule has 7 heteroatoms. The Morgan fingerprint density at radius 1 is 1.50 bits per heavy atom. The number of rotatable bonds is 2. The second-order valence-electron chi connectivity index (χ2n) is 2.31. The molecular weight excluding hydrogens is 231 g/mol. The van der Waals surface area contributed by atoms with Crippen molar-refractivity contribution < 1.29 is 9.40 Å². The lowest BCUT2D eigenvalue weighted by Gasteiger charge is -2.08. The standard InChI is InChI=1S/C7H4ClFN2O2S/c8-7(14)10(9)5-1-3-6(4-2-5)11(12)13/h1-4H. The monoisotopic (exact) mass is 234 g/mol. The summed E-state index contributed by atoms with van der Waals surface area (Å²) in [5.41, 5.74) is -0.0711. The zero-order chi connectivity index (χ0) is 10.7. The minimum Gasteiger partial charge on any atom is -0.258 e. The van der Waals surface area contributed by atoms with Crippen molar-refractivity contribution in [3.8, 4) is 0 Å². The summed E-state index contributed by atoms with van der Waals surface area (Å²) >= 11 is 9.58. The fourth-order valence-electron chi connectivity index (χ4n) is 0.807. The number of hydrogen-bond acceptors (Lipinski definition) is 3. The van der Waals surface area contributed by atoms with Crippen LogP contribution < -0.4 is 5.12 Å². The molecule has 0 fully saturated rings. The van der Waals surface area contributed by atoms with E-state index in [4.69, 9.17) is 11.6 Å². The molecule has 0 aliphatic carbocycles. The molecule has 0 heterocycles. The summed E-state index contributed by atoms with van der Waals surface area (Å²) in [6.07, 6.45) is 0. The van der Waals surface area contributed by atoms with E-state index >= 15 is 0 Å². The molecular formula is C7H4ClFN2O2S. The van der Waals surface area contributed by atoms with Gasteiger partial charge in [0.1, 0.15) is 0 Å². The van der Waals surface area contributed by atoms with Crippen LogP contribution in [0, 0.1) is 10.1 Å². The first-order chi connectivity index (χ1) is 6.52. The predicted molar refractivity (Wildman–Crippen MR) is 55.1 cm³/mol. The van der Waals surface area contributed by atoms with Crippen LogP contribution >= 0.6 is 23.8 Å². The van der Waals surface area contributed by atoms with Crippen molar-refractivity contribution in [3.63, 3.8) is 0 Å². The number of hydrogen-bond donors (Lipinski definition) is 0. The molecule has 74 valence electrons. The fraction of sp³-hybridized carbons (Fsp3) is 0. The van der Waals surface area contributed by atoms with E-state index in [1.165, 1.54) is 12.1 Å². The molecule has 0 radical (unpaired) electrons. The van der Waals surface area contributed by atoms with Crippen LogP contribution in [0.1, 0.15) is 0 Å². The number of anilines is 1. The number of nitrogens with zero attached hydrogens (tertiary/aromatic N) is 2. The zero-order valence-corrected chi connectivity index (χ0v) is 8.26. The Balaban J connectivity index is 2.94. The van der Waals surface area contributed by atoms with Crippen molar-refractivity contribution in [2.24, 2.45) is 0 Å². The van der Waals surface area contributed by atoms with E-state index in [2.05, 4.69) is 12.2 Å². The van der Waals surface area contributed by atoms with Gasteiger partial charge in [-0.3, -0.25) is 10.1 Å². The summed E-state index contributed by atoms with van der Waals surface area (Å²) in [5, 5.41) is 10.3. The summed E-state index contributed by atoms with van der Waals surface area (Å²) in [7, 11) is 0. The molecule has 0 aromatic heterocycles. The van der Waals surface area contributed by atoms with Gasteiger partial charge in [-0.2, -0.15) is 5.12 Å². The number of nitro groups is 1. The van der Waals surface area contributed by atoms with Crippen LogP contribution in [0.3, 0.4) is 0 Å². The summed E-state index contributed by atoms with van der Waals surface area (Å²) in [4.78, 5) is 9.68. The smallest absolute Gasteiger partial charge is 0.258 e. The normalized spacial score (nSPS) is 9.57. The molecule has 0 amide bonds. The third kappa shape index (κ3) is 2.36. The van der Waals surface area contributed by atoms with Gasteiger partial charge in [0.05, 0.1) is 10.6 Å². The van der Waals surface area contributed by atoms with E-state index in [9.17, 15) is 14.6 Å². The molecule has 1 aromatic carbocycles. The third-order valence-electron chi connectivity index (χ3n) is 1.44. The Hall–Kier alpha value is -1.27. The lowest BCUT2D eigenvalue weighted by atomic mass is 10.3. The van der Waals surface area contributed by atoms with Gasteiger partial charge >= 0.3 is 0 Å². The minimum absolute atomic E-state index is 0.0515. The summed E-state index contributed by atoms with van der Waals surface area (Å²) in [6.45, 7) is 0. The molecule has 14 heavy (non-hydrogen) atoms. The van der Waals surface area contributed by atoms with Gasteiger partial charge in [0, 0.05) is 12.1 Å². The van der Waals surface area contributed by atoms with Crippen LogP contribution in [-0.2, 0) is 0 Å². The van der Waals surface area contributed by atoms with Gasteiger partial charge in [0.15, 0.2) is 0 Å². The molecule has 0 bridgehead atoms. The molecule has 0 saturated heterocycles. The molecule has 1 rings (SSSR count). The van der Waals surface area contributed by atoms with Gasteiger partial charge in [-0.15, -0.1) is 0 Å². The maximum absolute atomic E-state index is 13.0. The third-order valence-corrected chi connectivity index (χ3v) is 1.75. The molecule has 0 saturated carbocycles. The van der Waals surface area contributed by atoms with E-state index < -0.39 is 9.37 Å². The first-order valence-electron chi connectivity index (χ1n) is 3.42. The van der Waals surface area contributed by atoms with Crippen LogP contribution in [0.25, 0.3) is 0 Å². The Kier molecular flexibility index (Phi) is 3.32. The molecule has 0 aliphatic heterocycles. The van der Waals surface area contributed by atoms with Crippen molar-refractivity contribution >= 4 is 39.6 Å². The first kappa shape index (κ1) is 10.8. The highest BCUT2D eigenvalue weighted by atomic mass is 35.5. The van der Waals surface area contributed by atoms with Gasteiger partial charge in [-0.05, 0) is 36.0 Å². The van der Waals surface area contributed by atoms with E-state index in [1.54, 1.807) is 0 Å². The highest BCUT2D eigenvalue weighted by molar-refractivity contribution is 7.83. The molecule has 0 aliphatic rings. The molecule has 1 aromatic rings. The van der Waals surface area contributed by atoms with Gasteiger partial charge in [0.2, 0.25) is 4.45 Å². The van der Waals surface area contributed by atoms with Gasteiger partial charge in [0.25, 0.3) is 5.69 Å². The molecule has 0 spiro atoms. The van der Waals surface area contributed by atoms with Crippen LogP contribution in [0.15, 0.2) is 24.3 Å². The largest absolute Gasteiger partial charge is 0.269 e. The maximum atomic E-state index is 13.0. The van der Waals surface area contributed by atoms with Crippen molar-refractivity contribution in [2.75, 3.05) is 5.12 Å². The van der Waals surface area contributed by atoms with E-state index in [0.29, 0.717) is 0 Å². The molecule has 0 unspecified atom stereocenters. The van der Waals surface area contributed by atoms with Crippen molar-refractivity contribution in [1.29, 1.82) is 0 Å². The van der Waals surface area contributed by atoms with Crippen LogP contribution in [0.5, 0.6) is 0 Å². The number of halogens is 2. The number of thiocarbonyl (C=S) groups is 1. The Morgan fingerprint density at radius 3 is 2.36 bits per heavy atom. The van der Waals surface area contributed by atoms with Crippen LogP contribution in [-0.4, -0.2) is 9.37 Å². The number of nitro benzene ring substituents is 1. The Bertz CT molecular complexity index is 370.